The lowest BCUT2D eigenvalue weighted by molar-refractivity contribution is -0.135. The molecule has 22 heavy (non-hydrogen) atoms. The van der Waals surface area contributed by atoms with Crippen LogP contribution in [0.4, 0.5) is 4.39 Å². The zero-order valence-corrected chi connectivity index (χ0v) is 12.9. The van der Waals surface area contributed by atoms with E-state index in [0.29, 0.717) is 17.1 Å². The molecule has 0 spiro atoms. The quantitative estimate of drug-likeness (QED) is 0.871. The summed E-state index contributed by atoms with van der Waals surface area (Å²) in [5, 5.41) is 8.33. The lowest BCUT2D eigenvalue weighted by atomic mass is 9.98. The Kier molecular flexibility index (Phi) is 4.11. The molecule has 1 aromatic heterocycles. The van der Waals surface area contributed by atoms with Crippen LogP contribution in [-0.2, 0) is 24.3 Å². The van der Waals surface area contributed by atoms with E-state index in [-0.39, 0.29) is 24.2 Å². The minimum Gasteiger partial charge on any atom is -0.341 e. The molecule has 5 nitrogen and oxygen atoms in total. The van der Waals surface area contributed by atoms with Crippen molar-refractivity contribution in [1.82, 2.24) is 19.7 Å². The fourth-order valence-electron chi connectivity index (χ4n) is 2.77. The van der Waals surface area contributed by atoms with E-state index in [1.807, 2.05) is 4.57 Å². The van der Waals surface area contributed by atoms with E-state index in [2.05, 4.69) is 10.2 Å². The molecule has 0 saturated heterocycles. The van der Waals surface area contributed by atoms with Crippen LogP contribution in [0, 0.1) is 11.7 Å². The van der Waals surface area contributed by atoms with Gasteiger partial charge >= 0.3 is 0 Å². The SMILES string of the molecule is CN(Cc1cc(Cl)ccc1F)C(=O)C1CCc2nncn2C1. The average Bonchev–Trinajstić information content (AvgIpc) is 2.97. The number of amides is 1. The number of halogens is 2. The van der Waals surface area contributed by atoms with Gasteiger partial charge in [0.1, 0.15) is 18.0 Å². The molecule has 0 aliphatic carbocycles. The third kappa shape index (κ3) is 2.97. The van der Waals surface area contributed by atoms with E-state index in [9.17, 15) is 9.18 Å². The molecule has 0 radical (unpaired) electrons. The van der Waals surface area contributed by atoms with Gasteiger partial charge in [-0.1, -0.05) is 11.6 Å². The fraction of sp³-hybridized carbons (Fsp3) is 0.400. The molecule has 1 amide bonds. The van der Waals surface area contributed by atoms with Crippen LogP contribution in [0.5, 0.6) is 0 Å². The van der Waals surface area contributed by atoms with Crippen molar-refractivity contribution in [2.45, 2.75) is 25.9 Å². The molecule has 0 bridgehead atoms. The van der Waals surface area contributed by atoms with Crippen molar-refractivity contribution < 1.29 is 9.18 Å². The minimum atomic E-state index is -0.353. The lowest BCUT2D eigenvalue weighted by Crippen LogP contribution is -2.37. The van der Waals surface area contributed by atoms with Crippen LogP contribution >= 0.6 is 11.6 Å². The Hall–Kier alpha value is -1.95. The van der Waals surface area contributed by atoms with Gasteiger partial charge in [-0.2, -0.15) is 0 Å². The molecule has 2 heterocycles. The van der Waals surface area contributed by atoms with Gasteiger partial charge in [0.05, 0.1) is 5.92 Å². The zero-order valence-electron chi connectivity index (χ0n) is 12.2. The first-order valence-electron chi connectivity index (χ1n) is 7.10. The Bertz CT molecular complexity index is 703. The van der Waals surface area contributed by atoms with Crippen molar-refractivity contribution >= 4 is 17.5 Å². The van der Waals surface area contributed by atoms with E-state index in [1.54, 1.807) is 24.3 Å². The van der Waals surface area contributed by atoms with Crippen LogP contribution in [0.3, 0.4) is 0 Å². The summed E-state index contributed by atoms with van der Waals surface area (Å²) in [7, 11) is 1.68. The Morgan fingerprint density at radius 1 is 1.55 bits per heavy atom. The van der Waals surface area contributed by atoms with Gasteiger partial charge in [0.25, 0.3) is 0 Å². The third-order valence-electron chi connectivity index (χ3n) is 3.97. The molecule has 1 aliphatic rings. The molecule has 1 aliphatic heterocycles. The summed E-state index contributed by atoms with van der Waals surface area (Å²) in [6.07, 6.45) is 3.11. The molecule has 7 heteroatoms. The van der Waals surface area contributed by atoms with Crippen LogP contribution in [0.2, 0.25) is 5.02 Å². The van der Waals surface area contributed by atoms with Crippen LogP contribution < -0.4 is 0 Å². The second kappa shape index (κ2) is 6.04. The largest absolute Gasteiger partial charge is 0.341 e. The summed E-state index contributed by atoms with van der Waals surface area (Å²) in [5.41, 5.74) is 0.421. The number of aromatic nitrogens is 3. The van der Waals surface area contributed by atoms with Gasteiger partial charge in [0.15, 0.2) is 0 Å². The van der Waals surface area contributed by atoms with Crippen LogP contribution in [0.25, 0.3) is 0 Å². The molecule has 3 rings (SSSR count). The summed E-state index contributed by atoms with van der Waals surface area (Å²) >= 11 is 5.88. The smallest absolute Gasteiger partial charge is 0.227 e. The molecule has 0 saturated carbocycles. The van der Waals surface area contributed by atoms with Crippen molar-refractivity contribution in [2.75, 3.05) is 7.05 Å². The highest BCUT2D eigenvalue weighted by Crippen LogP contribution is 2.22. The predicted octanol–water partition coefficient (Wildman–Crippen LogP) is 2.29. The number of aryl methyl sites for hydroxylation is 1. The summed E-state index contributed by atoms with van der Waals surface area (Å²) in [4.78, 5) is 14.1. The number of carbonyl (C=O) groups excluding carboxylic acids is 1. The zero-order chi connectivity index (χ0) is 15.7. The van der Waals surface area contributed by atoms with E-state index in [0.717, 1.165) is 18.7 Å². The van der Waals surface area contributed by atoms with Gasteiger partial charge in [0.2, 0.25) is 5.91 Å². The van der Waals surface area contributed by atoms with Crippen molar-refractivity contribution in [3.63, 3.8) is 0 Å². The van der Waals surface area contributed by atoms with E-state index in [4.69, 9.17) is 11.6 Å². The maximum atomic E-state index is 13.8. The summed E-state index contributed by atoms with van der Waals surface area (Å²) in [5.74, 6) is 0.427. The Morgan fingerprint density at radius 2 is 2.36 bits per heavy atom. The van der Waals surface area contributed by atoms with Crippen molar-refractivity contribution in [1.29, 1.82) is 0 Å². The molecule has 116 valence electrons. The first-order chi connectivity index (χ1) is 10.5. The standard InChI is InChI=1S/C15H16ClFN4O/c1-20(7-11-6-12(16)3-4-13(11)17)15(22)10-2-5-14-19-18-9-21(14)8-10/h3-4,6,9-10H,2,5,7-8H2,1H3. The molecule has 2 aromatic rings. The first kappa shape index (κ1) is 15.0. The topological polar surface area (TPSA) is 51.0 Å². The van der Waals surface area contributed by atoms with Crippen LogP contribution in [-0.4, -0.2) is 32.6 Å². The number of rotatable bonds is 3. The van der Waals surface area contributed by atoms with Gasteiger partial charge in [-0.3, -0.25) is 4.79 Å². The summed E-state index contributed by atoms with van der Waals surface area (Å²) in [6.45, 7) is 0.778. The average molecular weight is 323 g/mol. The van der Waals surface area contributed by atoms with Gasteiger partial charge < -0.3 is 9.47 Å². The number of hydrogen-bond donors (Lipinski definition) is 0. The van der Waals surface area contributed by atoms with Gasteiger partial charge in [-0.15, -0.1) is 10.2 Å². The first-order valence-corrected chi connectivity index (χ1v) is 7.48. The maximum absolute atomic E-state index is 13.8. The predicted molar refractivity (Wildman–Crippen MR) is 79.7 cm³/mol. The van der Waals surface area contributed by atoms with Gasteiger partial charge in [-0.05, 0) is 24.6 Å². The maximum Gasteiger partial charge on any atom is 0.227 e. The highest BCUT2D eigenvalue weighted by atomic mass is 35.5. The van der Waals surface area contributed by atoms with Crippen LogP contribution in [0.15, 0.2) is 24.5 Å². The number of hydrogen-bond acceptors (Lipinski definition) is 3. The fourth-order valence-corrected chi connectivity index (χ4v) is 2.96. The van der Waals surface area contributed by atoms with Crippen molar-refractivity contribution in [3.8, 4) is 0 Å². The highest BCUT2D eigenvalue weighted by molar-refractivity contribution is 6.30. The van der Waals surface area contributed by atoms with E-state index >= 15 is 0 Å². The number of benzene rings is 1. The van der Waals surface area contributed by atoms with Crippen molar-refractivity contribution in [3.05, 3.63) is 46.8 Å². The second-order valence-corrected chi connectivity index (χ2v) is 6.00. The monoisotopic (exact) mass is 322 g/mol. The molecule has 1 atom stereocenters. The normalized spacial score (nSPS) is 17.1. The van der Waals surface area contributed by atoms with Gasteiger partial charge in [0, 0.05) is 37.1 Å². The van der Waals surface area contributed by atoms with Crippen LogP contribution in [0.1, 0.15) is 17.8 Å². The molecular weight excluding hydrogens is 307 g/mol. The minimum absolute atomic E-state index is 0.00118. The Balaban J connectivity index is 1.69. The van der Waals surface area contributed by atoms with E-state index < -0.39 is 0 Å². The molecular formula is C15H16ClFN4O. The van der Waals surface area contributed by atoms with Gasteiger partial charge in [-0.25, -0.2) is 4.39 Å². The number of carbonyl (C=O) groups is 1. The molecule has 1 unspecified atom stereocenters. The lowest BCUT2D eigenvalue weighted by Gasteiger charge is -2.27. The second-order valence-electron chi connectivity index (χ2n) is 5.57. The molecule has 0 N–H and O–H groups in total. The highest BCUT2D eigenvalue weighted by Gasteiger charge is 2.28. The molecule has 0 fully saturated rings. The third-order valence-corrected chi connectivity index (χ3v) is 4.21. The number of nitrogens with zero attached hydrogens (tertiary/aromatic N) is 4. The molecule has 1 aromatic carbocycles. The Labute approximate surface area is 132 Å². The van der Waals surface area contributed by atoms with Crippen molar-refractivity contribution in [2.24, 2.45) is 5.92 Å². The Morgan fingerprint density at radius 3 is 3.18 bits per heavy atom. The summed E-state index contributed by atoms with van der Waals surface area (Å²) < 4.78 is 15.7. The van der Waals surface area contributed by atoms with E-state index in [1.165, 1.54) is 12.1 Å². The number of fused-ring (bicyclic) bond motifs is 1. The summed E-state index contributed by atoms with van der Waals surface area (Å²) in [6, 6.07) is 4.37.